The molecule has 2 bridgehead atoms. The molecule has 3 heterocycles. The third-order valence-corrected chi connectivity index (χ3v) is 8.07. The van der Waals surface area contributed by atoms with Crippen molar-refractivity contribution < 1.29 is 27.2 Å². The van der Waals surface area contributed by atoms with E-state index < -0.39 is 24.7 Å². The molecule has 0 aliphatic heterocycles. The van der Waals surface area contributed by atoms with E-state index in [1.54, 1.807) is 25.3 Å². The van der Waals surface area contributed by atoms with Crippen LogP contribution in [0.25, 0.3) is 33.6 Å². The molecule has 0 radical (unpaired) electrons. The standard InChI is InChI=1S/C30H27F3N4O3/c1-15-20(23(38)12-30-9-16(10-30)11-30)7-18(13-35-15)21-8-22-25(28(39)34-2)26(17-3-5-19(31)6-4-17)40-29(22)37-27(21)36-14-24(32)33/h3-8,13,16,24H,9-12,14H2,1-2H3,(H,34,39)(H,36,37). The molecule has 1 amide bonds. The number of hydrogen-bond donors (Lipinski definition) is 2. The molecule has 3 saturated carbocycles. The Morgan fingerprint density at radius 1 is 1.12 bits per heavy atom. The zero-order valence-corrected chi connectivity index (χ0v) is 22.0. The Morgan fingerprint density at radius 3 is 2.48 bits per heavy atom. The number of carbonyl (C=O) groups excluding carboxylic acids is 2. The Bertz CT molecular complexity index is 1630. The van der Waals surface area contributed by atoms with Crippen LogP contribution in [0.3, 0.4) is 0 Å². The predicted octanol–water partition coefficient (Wildman–Crippen LogP) is 6.41. The number of amides is 1. The number of nitrogens with zero attached hydrogens (tertiary/aromatic N) is 2. The average molecular weight is 549 g/mol. The minimum atomic E-state index is -2.65. The molecular weight excluding hydrogens is 521 g/mol. The number of halogens is 3. The Labute approximate surface area is 228 Å². The average Bonchev–Trinajstić information content (AvgIpc) is 3.26. The number of nitrogens with one attached hydrogen (secondary N) is 2. The summed E-state index contributed by atoms with van der Waals surface area (Å²) in [5.41, 5.74) is 2.71. The van der Waals surface area contributed by atoms with Crippen LogP contribution in [0.5, 0.6) is 0 Å². The molecule has 0 spiro atoms. The summed E-state index contributed by atoms with van der Waals surface area (Å²) in [7, 11) is 1.47. The number of fused-ring (bicyclic) bond motifs is 1. The highest BCUT2D eigenvalue weighted by molar-refractivity contribution is 6.11. The fraction of sp³-hybridized carbons (Fsp3) is 0.333. The van der Waals surface area contributed by atoms with Gasteiger partial charge < -0.3 is 15.1 Å². The normalized spacial score (nSPS) is 19.3. The number of aromatic nitrogens is 2. The number of anilines is 1. The van der Waals surface area contributed by atoms with Crippen molar-refractivity contribution in [3.05, 3.63) is 65.2 Å². The van der Waals surface area contributed by atoms with Gasteiger partial charge in [0.15, 0.2) is 5.78 Å². The van der Waals surface area contributed by atoms with Crippen molar-refractivity contribution in [3.63, 3.8) is 0 Å². The van der Waals surface area contributed by atoms with Gasteiger partial charge in [0.1, 0.15) is 17.4 Å². The minimum Gasteiger partial charge on any atom is -0.437 e. The highest BCUT2D eigenvalue weighted by Crippen LogP contribution is 2.66. The number of pyridine rings is 2. The molecule has 40 heavy (non-hydrogen) atoms. The highest BCUT2D eigenvalue weighted by atomic mass is 19.3. The molecule has 3 fully saturated rings. The SMILES string of the molecule is CNC(=O)c1c(-c2ccc(F)cc2)oc2nc(NCC(F)F)c(-c3cnc(C)c(C(=O)CC45CC(C4)C5)c3)cc12. The third-order valence-electron chi connectivity index (χ3n) is 8.07. The lowest BCUT2D eigenvalue weighted by Gasteiger charge is -2.62. The monoisotopic (exact) mass is 548 g/mol. The van der Waals surface area contributed by atoms with Crippen LogP contribution < -0.4 is 10.6 Å². The van der Waals surface area contributed by atoms with Crippen molar-refractivity contribution in [2.75, 3.05) is 18.9 Å². The van der Waals surface area contributed by atoms with Crippen LogP contribution >= 0.6 is 0 Å². The zero-order valence-electron chi connectivity index (χ0n) is 22.0. The summed E-state index contributed by atoms with van der Waals surface area (Å²) >= 11 is 0. The summed E-state index contributed by atoms with van der Waals surface area (Å²) in [5, 5.41) is 5.59. The summed E-state index contributed by atoms with van der Waals surface area (Å²) in [5.74, 6) is 0.106. The quantitative estimate of drug-likeness (QED) is 0.235. The second-order valence-corrected chi connectivity index (χ2v) is 10.8. The molecule has 4 aromatic rings. The fourth-order valence-electron chi connectivity index (χ4n) is 5.98. The Hall–Kier alpha value is -4.21. The van der Waals surface area contributed by atoms with Crippen LogP contribution in [-0.2, 0) is 0 Å². The van der Waals surface area contributed by atoms with Gasteiger partial charge in [-0.05, 0) is 73.9 Å². The molecule has 0 unspecified atom stereocenters. The molecule has 3 aliphatic carbocycles. The maximum Gasteiger partial charge on any atom is 0.255 e. The minimum absolute atomic E-state index is 0.00841. The van der Waals surface area contributed by atoms with E-state index in [4.69, 9.17) is 4.42 Å². The van der Waals surface area contributed by atoms with Gasteiger partial charge in [-0.1, -0.05) is 0 Å². The second kappa shape index (κ2) is 9.76. The van der Waals surface area contributed by atoms with Gasteiger partial charge in [0.2, 0.25) is 5.71 Å². The summed E-state index contributed by atoms with van der Waals surface area (Å²) < 4.78 is 46.0. The number of benzene rings is 1. The van der Waals surface area contributed by atoms with Crippen molar-refractivity contribution in [3.8, 4) is 22.5 Å². The number of ketones is 1. The number of hydrogen-bond acceptors (Lipinski definition) is 6. The van der Waals surface area contributed by atoms with Gasteiger partial charge in [0, 0.05) is 47.6 Å². The first-order valence-electron chi connectivity index (χ1n) is 13.1. The van der Waals surface area contributed by atoms with Crippen LogP contribution in [0.2, 0.25) is 0 Å². The summed E-state index contributed by atoms with van der Waals surface area (Å²) in [6.45, 7) is 1.10. The molecule has 7 nitrogen and oxygen atoms in total. The van der Waals surface area contributed by atoms with Crippen molar-refractivity contribution in [2.45, 2.75) is 39.0 Å². The van der Waals surface area contributed by atoms with Gasteiger partial charge in [0.25, 0.3) is 12.3 Å². The fourth-order valence-corrected chi connectivity index (χ4v) is 5.98. The van der Waals surface area contributed by atoms with E-state index in [9.17, 15) is 22.8 Å². The van der Waals surface area contributed by atoms with Gasteiger partial charge in [-0.2, -0.15) is 4.98 Å². The first-order chi connectivity index (χ1) is 19.2. The van der Waals surface area contributed by atoms with E-state index in [1.165, 1.54) is 31.3 Å². The van der Waals surface area contributed by atoms with Crippen LogP contribution in [0.4, 0.5) is 19.0 Å². The molecule has 0 atom stereocenters. The van der Waals surface area contributed by atoms with Crippen molar-refractivity contribution in [1.82, 2.24) is 15.3 Å². The van der Waals surface area contributed by atoms with Crippen molar-refractivity contribution >= 4 is 28.6 Å². The van der Waals surface area contributed by atoms with Crippen LogP contribution in [0.15, 0.2) is 47.0 Å². The first-order valence-corrected chi connectivity index (χ1v) is 13.1. The van der Waals surface area contributed by atoms with Crippen LogP contribution in [-0.4, -0.2) is 41.7 Å². The van der Waals surface area contributed by atoms with E-state index in [-0.39, 0.29) is 34.1 Å². The summed E-state index contributed by atoms with van der Waals surface area (Å²) in [6.07, 6.45) is 2.64. The Balaban J connectivity index is 1.49. The lowest BCUT2D eigenvalue weighted by Crippen LogP contribution is -2.52. The van der Waals surface area contributed by atoms with E-state index in [2.05, 4.69) is 20.6 Å². The Morgan fingerprint density at radius 2 is 1.85 bits per heavy atom. The summed E-state index contributed by atoms with van der Waals surface area (Å²) in [6, 6.07) is 8.78. The predicted molar refractivity (Wildman–Crippen MR) is 144 cm³/mol. The highest BCUT2D eigenvalue weighted by Gasteiger charge is 2.57. The van der Waals surface area contributed by atoms with Gasteiger partial charge in [-0.25, -0.2) is 13.2 Å². The number of aryl methyl sites for hydroxylation is 1. The molecule has 2 N–H and O–H groups in total. The smallest absolute Gasteiger partial charge is 0.255 e. The van der Waals surface area contributed by atoms with Gasteiger partial charge >= 0.3 is 0 Å². The summed E-state index contributed by atoms with van der Waals surface area (Å²) in [4.78, 5) is 35.2. The van der Waals surface area contributed by atoms with E-state index in [0.29, 0.717) is 39.8 Å². The molecule has 7 rings (SSSR count). The molecule has 1 aromatic carbocycles. The van der Waals surface area contributed by atoms with Gasteiger partial charge in [-0.15, -0.1) is 0 Å². The van der Waals surface area contributed by atoms with Crippen molar-refractivity contribution in [1.29, 1.82) is 0 Å². The third kappa shape index (κ3) is 4.51. The first kappa shape index (κ1) is 26.0. The number of carbonyl (C=O) groups is 2. The van der Waals surface area contributed by atoms with Crippen LogP contribution in [0.1, 0.15) is 52.1 Å². The molecule has 10 heteroatoms. The maximum absolute atomic E-state index is 13.6. The molecule has 0 saturated heterocycles. The maximum atomic E-state index is 13.6. The number of Topliss-reactive ketones (excluding diaryl/α,β-unsaturated/α-hetero) is 1. The number of rotatable bonds is 9. The van der Waals surface area contributed by atoms with E-state index in [0.717, 1.165) is 25.2 Å². The lowest BCUT2D eigenvalue weighted by molar-refractivity contribution is -0.103. The molecular formula is C30H27F3N4O3. The second-order valence-electron chi connectivity index (χ2n) is 10.8. The van der Waals surface area contributed by atoms with Gasteiger partial charge in [-0.3, -0.25) is 14.6 Å². The van der Waals surface area contributed by atoms with Crippen LogP contribution in [0, 0.1) is 24.1 Å². The topological polar surface area (TPSA) is 97.1 Å². The number of furan rings is 1. The van der Waals surface area contributed by atoms with Gasteiger partial charge in [0.05, 0.1) is 17.5 Å². The lowest BCUT2D eigenvalue weighted by atomic mass is 9.43. The van der Waals surface area contributed by atoms with E-state index >= 15 is 0 Å². The molecule has 206 valence electrons. The molecule has 3 aromatic heterocycles. The zero-order chi connectivity index (χ0) is 28.2. The Kier molecular flexibility index (Phi) is 6.35. The molecule has 3 aliphatic rings. The van der Waals surface area contributed by atoms with Crippen molar-refractivity contribution in [2.24, 2.45) is 11.3 Å². The number of alkyl halides is 2. The van der Waals surface area contributed by atoms with E-state index in [1.807, 2.05) is 0 Å². The largest absolute Gasteiger partial charge is 0.437 e.